The van der Waals surface area contributed by atoms with Crippen LogP contribution >= 0.6 is 0 Å². The van der Waals surface area contributed by atoms with Gasteiger partial charge in [-0.05, 0) is 24.3 Å². The Morgan fingerprint density at radius 2 is 1.97 bits per heavy atom. The van der Waals surface area contributed by atoms with Gasteiger partial charge in [-0.2, -0.15) is 5.10 Å². The van der Waals surface area contributed by atoms with Crippen molar-refractivity contribution in [2.45, 2.75) is 25.4 Å². The molecule has 3 amide bonds. The minimum atomic E-state index is -2.78. The van der Waals surface area contributed by atoms with Crippen molar-refractivity contribution in [1.29, 1.82) is 0 Å². The summed E-state index contributed by atoms with van der Waals surface area (Å²) in [5, 5.41) is 4.96. The van der Waals surface area contributed by atoms with Crippen molar-refractivity contribution in [3.05, 3.63) is 54.4 Å². The van der Waals surface area contributed by atoms with E-state index in [-0.39, 0.29) is 32.5 Å². The number of amides is 3. The van der Waals surface area contributed by atoms with Crippen LogP contribution in [0.1, 0.15) is 12.1 Å². The maximum Gasteiger partial charge on any atom is 0.405 e. The number of hydrazone groups is 1. The van der Waals surface area contributed by atoms with Gasteiger partial charge in [0.05, 0.1) is 12.8 Å². The first-order valence-corrected chi connectivity index (χ1v) is 11.8. The molecular weight excluding hydrogens is 504 g/mol. The highest BCUT2D eigenvalue weighted by Crippen LogP contribution is 2.39. The highest BCUT2D eigenvalue weighted by atomic mass is 19.3. The quantitative estimate of drug-likeness (QED) is 0.494. The van der Waals surface area contributed by atoms with E-state index < -0.39 is 42.4 Å². The number of ether oxygens (including phenoxy) is 3. The summed E-state index contributed by atoms with van der Waals surface area (Å²) in [5.74, 6) is -0.403. The summed E-state index contributed by atoms with van der Waals surface area (Å²) in [4.78, 5) is 44.2. The Labute approximate surface area is 217 Å². The number of carbonyl (C=O) groups is 3. The van der Waals surface area contributed by atoms with Crippen LogP contribution in [0.2, 0.25) is 0 Å². The van der Waals surface area contributed by atoms with Gasteiger partial charge in [-0.25, -0.2) is 18.6 Å². The highest BCUT2D eigenvalue weighted by Gasteiger charge is 2.55. The Hall–Kier alpha value is -4.29. The molecule has 0 radical (unpaired) electrons. The van der Waals surface area contributed by atoms with Gasteiger partial charge >= 0.3 is 6.09 Å². The normalized spacial score (nSPS) is 19.6. The fraction of sp³-hybridized carbons (Fsp3) is 0.400. The van der Waals surface area contributed by atoms with Crippen molar-refractivity contribution in [3.63, 3.8) is 0 Å². The van der Waals surface area contributed by atoms with Gasteiger partial charge < -0.3 is 24.8 Å². The number of alkyl halides is 2. The van der Waals surface area contributed by atoms with Crippen molar-refractivity contribution in [3.8, 4) is 11.5 Å². The number of likely N-dealkylation sites (tertiary alicyclic amines) is 1. The number of rotatable bonds is 10. The number of primary amides is 1. The van der Waals surface area contributed by atoms with Crippen LogP contribution in [0, 0.1) is 5.41 Å². The molecule has 2 atom stereocenters. The summed E-state index contributed by atoms with van der Waals surface area (Å²) in [6, 6.07) is 11.8. The summed E-state index contributed by atoms with van der Waals surface area (Å²) < 4.78 is 42.2. The van der Waals surface area contributed by atoms with E-state index in [0.717, 1.165) is 5.01 Å². The molecule has 1 aromatic carbocycles. The van der Waals surface area contributed by atoms with E-state index in [4.69, 9.17) is 19.9 Å². The molecular formula is C25H27F2N5O6. The van der Waals surface area contributed by atoms with Crippen LogP contribution in [-0.4, -0.2) is 84.4 Å². The molecule has 1 aromatic heterocycles. The molecule has 2 aromatic rings. The Kier molecular flexibility index (Phi) is 8.03. The van der Waals surface area contributed by atoms with Crippen LogP contribution < -0.4 is 15.2 Å². The van der Waals surface area contributed by atoms with Crippen molar-refractivity contribution in [2.75, 3.05) is 33.4 Å². The van der Waals surface area contributed by atoms with E-state index >= 15 is 0 Å². The van der Waals surface area contributed by atoms with Crippen molar-refractivity contribution in [1.82, 2.24) is 14.9 Å². The number of pyridine rings is 1. The van der Waals surface area contributed by atoms with Gasteiger partial charge in [0.15, 0.2) is 0 Å². The number of hydrogen-bond acceptors (Lipinski definition) is 8. The van der Waals surface area contributed by atoms with Crippen molar-refractivity contribution < 1.29 is 37.4 Å². The molecule has 11 nitrogen and oxygen atoms in total. The van der Waals surface area contributed by atoms with Crippen molar-refractivity contribution in [2.24, 2.45) is 16.3 Å². The maximum atomic E-state index is 13.5. The lowest BCUT2D eigenvalue weighted by Gasteiger charge is -2.40. The number of nitrogens with zero attached hydrogens (tertiary/aromatic N) is 4. The van der Waals surface area contributed by atoms with Crippen LogP contribution in [0.3, 0.4) is 0 Å². The third kappa shape index (κ3) is 5.82. The van der Waals surface area contributed by atoms with Gasteiger partial charge in [-0.15, -0.1) is 0 Å². The van der Waals surface area contributed by atoms with Gasteiger partial charge in [-0.1, -0.05) is 12.1 Å². The smallest absolute Gasteiger partial charge is 0.405 e. The Bertz CT molecular complexity index is 1210. The third-order valence-electron chi connectivity index (χ3n) is 6.33. The van der Waals surface area contributed by atoms with Crippen LogP contribution in [0.5, 0.6) is 11.5 Å². The monoisotopic (exact) mass is 531 g/mol. The van der Waals surface area contributed by atoms with E-state index in [1.54, 1.807) is 48.7 Å². The SMILES string of the molecule is COc1cccc(OC[C@@H](OC(N)=O)C(=O)N2CCC3=NN(CC(F)F)C(=O)[C@]3(Cc3ccccn3)C2)c1. The van der Waals surface area contributed by atoms with Crippen LogP contribution in [0.4, 0.5) is 13.6 Å². The number of carbonyl (C=O) groups excluding carboxylic acids is 3. The van der Waals surface area contributed by atoms with Crippen LogP contribution in [-0.2, 0) is 20.7 Å². The molecule has 2 aliphatic rings. The van der Waals surface area contributed by atoms with Crippen LogP contribution in [0.15, 0.2) is 53.8 Å². The highest BCUT2D eigenvalue weighted by molar-refractivity contribution is 6.13. The number of piperidine rings is 1. The van der Waals surface area contributed by atoms with E-state index in [2.05, 4.69) is 10.1 Å². The van der Waals surface area contributed by atoms with Gasteiger partial charge in [0, 0.05) is 43.9 Å². The number of fused-ring (bicyclic) bond motifs is 1. The summed E-state index contributed by atoms with van der Waals surface area (Å²) in [6.45, 7) is -1.26. The first-order chi connectivity index (χ1) is 18.2. The van der Waals surface area contributed by atoms with E-state index in [1.807, 2.05) is 0 Å². The average molecular weight is 532 g/mol. The molecule has 1 saturated heterocycles. The Morgan fingerprint density at radius 1 is 1.18 bits per heavy atom. The number of halogens is 2. The summed E-state index contributed by atoms with van der Waals surface area (Å²) in [7, 11) is 1.49. The van der Waals surface area contributed by atoms with Crippen LogP contribution in [0.25, 0.3) is 0 Å². The van der Waals surface area contributed by atoms with Gasteiger partial charge in [-0.3, -0.25) is 14.6 Å². The fourth-order valence-corrected chi connectivity index (χ4v) is 4.60. The first kappa shape index (κ1) is 26.8. The molecule has 0 spiro atoms. The molecule has 2 aliphatic heterocycles. The molecule has 202 valence electrons. The standard InChI is InChI=1S/C25H27F2N5O6/c1-36-17-6-4-7-18(11-17)37-14-19(38-24(28)35)22(33)31-10-8-20-25(15-31,12-16-5-2-3-9-29-16)23(34)32(30-20)13-21(26)27/h2-7,9,11,19,21H,8,10,12-15H2,1H3,(H2,28,35)/t19-,25-/m1/s1. The second-order valence-corrected chi connectivity index (χ2v) is 8.83. The Balaban J connectivity index is 1.57. The number of nitrogens with two attached hydrogens (primary N) is 1. The second kappa shape index (κ2) is 11.4. The average Bonchev–Trinajstić information content (AvgIpc) is 3.16. The van der Waals surface area contributed by atoms with Crippen molar-refractivity contribution >= 4 is 23.6 Å². The predicted octanol–water partition coefficient (Wildman–Crippen LogP) is 1.86. The molecule has 38 heavy (non-hydrogen) atoms. The predicted molar refractivity (Wildman–Crippen MR) is 130 cm³/mol. The fourth-order valence-electron chi connectivity index (χ4n) is 4.60. The van der Waals surface area contributed by atoms with Gasteiger partial charge in [0.1, 0.15) is 30.1 Å². The molecule has 0 aliphatic carbocycles. The van der Waals surface area contributed by atoms with Gasteiger partial charge in [0.25, 0.3) is 18.2 Å². The molecule has 0 saturated carbocycles. The molecule has 2 N–H and O–H groups in total. The lowest BCUT2D eigenvalue weighted by molar-refractivity contribution is -0.147. The lowest BCUT2D eigenvalue weighted by atomic mass is 9.74. The zero-order valence-corrected chi connectivity index (χ0v) is 20.6. The lowest BCUT2D eigenvalue weighted by Crippen LogP contribution is -2.58. The zero-order valence-electron chi connectivity index (χ0n) is 20.6. The number of methoxy groups -OCH3 is 1. The topological polar surface area (TPSA) is 137 Å². The largest absolute Gasteiger partial charge is 0.497 e. The molecule has 4 rings (SSSR count). The van der Waals surface area contributed by atoms with E-state index in [0.29, 0.717) is 22.9 Å². The minimum absolute atomic E-state index is 0.0523. The molecule has 0 unspecified atom stereocenters. The molecule has 1 fully saturated rings. The van der Waals surface area contributed by atoms with E-state index in [1.165, 1.54) is 12.0 Å². The molecule has 0 bridgehead atoms. The minimum Gasteiger partial charge on any atom is -0.497 e. The molecule has 3 heterocycles. The zero-order chi connectivity index (χ0) is 27.3. The number of hydrogen-bond donors (Lipinski definition) is 1. The third-order valence-corrected chi connectivity index (χ3v) is 6.33. The van der Waals surface area contributed by atoms with Gasteiger partial charge in [0.2, 0.25) is 6.10 Å². The maximum absolute atomic E-state index is 13.5. The second-order valence-electron chi connectivity index (χ2n) is 8.83. The molecule has 13 heteroatoms. The Morgan fingerprint density at radius 3 is 2.66 bits per heavy atom. The number of aromatic nitrogens is 1. The first-order valence-electron chi connectivity index (χ1n) is 11.8. The summed E-state index contributed by atoms with van der Waals surface area (Å²) in [5.41, 5.74) is 4.76. The summed E-state index contributed by atoms with van der Waals surface area (Å²) in [6.07, 6.45) is -3.62. The summed E-state index contributed by atoms with van der Waals surface area (Å²) >= 11 is 0. The number of benzene rings is 1. The van der Waals surface area contributed by atoms with E-state index in [9.17, 15) is 23.2 Å².